The van der Waals surface area contributed by atoms with Gasteiger partial charge in [0.1, 0.15) is 22.8 Å². The van der Waals surface area contributed by atoms with Crippen LogP contribution >= 0.6 is 0 Å². The summed E-state index contributed by atoms with van der Waals surface area (Å²) in [5.41, 5.74) is 1.46. The van der Waals surface area contributed by atoms with Gasteiger partial charge in [-0.3, -0.25) is 9.59 Å². The van der Waals surface area contributed by atoms with Gasteiger partial charge in [-0.1, -0.05) is 36.4 Å². The number of hydrogen-bond donors (Lipinski definition) is 1. The maximum Gasteiger partial charge on any atom is 0.342 e. The molecule has 0 aliphatic heterocycles. The Balaban J connectivity index is 1.57. The number of carbonyl (C=O) groups excluding carboxylic acids is 2. The maximum atomic E-state index is 13.0. The molecule has 1 aromatic heterocycles. The number of benzene rings is 3. The average Bonchev–Trinajstić information content (AvgIpc) is 2.89. The van der Waals surface area contributed by atoms with Gasteiger partial charge in [0.15, 0.2) is 17.6 Å². The van der Waals surface area contributed by atoms with Crippen molar-refractivity contribution in [3.05, 3.63) is 88.1 Å². The van der Waals surface area contributed by atoms with Crippen LogP contribution in [0.25, 0.3) is 22.3 Å². The molecular formula is C27H23NO7. The Morgan fingerprint density at radius 1 is 0.914 bits per heavy atom. The van der Waals surface area contributed by atoms with E-state index in [4.69, 9.17) is 18.6 Å². The molecule has 0 radical (unpaired) electrons. The summed E-state index contributed by atoms with van der Waals surface area (Å²) in [4.78, 5) is 38.2. The Labute approximate surface area is 201 Å². The molecule has 4 rings (SSSR count). The summed E-state index contributed by atoms with van der Waals surface area (Å²) in [6, 6.07) is 18.7. The van der Waals surface area contributed by atoms with Crippen LogP contribution in [-0.2, 0) is 9.53 Å². The monoisotopic (exact) mass is 473 g/mol. The van der Waals surface area contributed by atoms with E-state index in [0.717, 1.165) is 0 Å². The number of anilines is 1. The van der Waals surface area contributed by atoms with E-state index in [2.05, 4.69) is 5.32 Å². The highest BCUT2D eigenvalue weighted by Crippen LogP contribution is 2.28. The fourth-order valence-corrected chi connectivity index (χ4v) is 3.62. The summed E-state index contributed by atoms with van der Waals surface area (Å²) >= 11 is 0. The van der Waals surface area contributed by atoms with Gasteiger partial charge in [0.25, 0.3) is 5.91 Å². The number of fused-ring (bicyclic) bond motifs is 1. The zero-order valence-corrected chi connectivity index (χ0v) is 19.4. The number of nitrogens with one attached hydrogen (secondary N) is 1. The van der Waals surface area contributed by atoms with Crippen molar-refractivity contribution in [2.75, 3.05) is 26.1 Å². The van der Waals surface area contributed by atoms with Crippen molar-refractivity contribution in [2.45, 2.75) is 6.92 Å². The fraction of sp³-hybridized carbons (Fsp3) is 0.148. The van der Waals surface area contributed by atoms with E-state index in [-0.39, 0.29) is 22.0 Å². The third-order valence-electron chi connectivity index (χ3n) is 5.37. The van der Waals surface area contributed by atoms with Gasteiger partial charge < -0.3 is 23.9 Å². The zero-order chi connectivity index (χ0) is 24.9. The zero-order valence-electron chi connectivity index (χ0n) is 19.4. The number of hydrogen-bond acceptors (Lipinski definition) is 7. The first-order valence-corrected chi connectivity index (χ1v) is 10.7. The molecular weight excluding hydrogens is 450 g/mol. The lowest BCUT2D eigenvalue weighted by Gasteiger charge is -2.11. The molecule has 1 amide bonds. The molecule has 4 aromatic rings. The van der Waals surface area contributed by atoms with Crippen molar-refractivity contribution < 1.29 is 28.2 Å². The fourth-order valence-electron chi connectivity index (χ4n) is 3.62. The van der Waals surface area contributed by atoms with Crippen LogP contribution < -0.4 is 20.2 Å². The van der Waals surface area contributed by atoms with Gasteiger partial charge in [-0.25, -0.2) is 4.79 Å². The van der Waals surface area contributed by atoms with Crippen molar-refractivity contribution in [2.24, 2.45) is 0 Å². The molecule has 0 saturated heterocycles. The molecule has 0 unspecified atom stereocenters. The van der Waals surface area contributed by atoms with Gasteiger partial charge in [-0.2, -0.15) is 0 Å². The predicted octanol–water partition coefficient (Wildman–Crippen LogP) is 4.58. The molecule has 1 N–H and O–H groups in total. The van der Waals surface area contributed by atoms with Crippen LogP contribution in [0, 0.1) is 6.92 Å². The second-order valence-electron chi connectivity index (χ2n) is 7.66. The smallest absolute Gasteiger partial charge is 0.342 e. The largest absolute Gasteiger partial charge is 0.497 e. The second kappa shape index (κ2) is 10.1. The molecule has 8 heteroatoms. The van der Waals surface area contributed by atoms with Crippen molar-refractivity contribution >= 4 is 28.5 Å². The highest BCUT2D eigenvalue weighted by Gasteiger charge is 2.20. The normalized spacial score (nSPS) is 10.6. The molecule has 0 bridgehead atoms. The summed E-state index contributed by atoms with van der Waals surface area (Å²) in [5.74, 6) is 0.00287. The van der Waals surface area contributed by atoms with Gasteiger partial charge in [0.05, 0.1) is 19.6 Å². The van der Waals surface area contributed by atoms with E-state index in [1.165, 1.54) is 20.3 Å². The van der Waals surface area contributed by atoms with Crippen molar-refractivity contribution in [3.8, 4) is 22.8 Å². The van der Waals surface area contributed by atoms with Gasteiger partial charge in [0.2, 0.25) is 0 Å². The van der Waals surface area contributed by atoms with E-state index < -0.39 is 18.5 Å². The van der Waals surface area contributed by atoms with E-state index in [1.807, 2.05) is 30.3 Å². The minimum atomic E-state index is -0.792. The summed E-state index contributed by atoms with van der Waals surface area (Å²) in [5, 5.41) is 2.89. The summed E-state index contributed by atoms with van der Waals surface area (Å²) in [6.45, 7) is 1.13. The minimum absolute atomic E-state index is 0.0487. The van der Waals surface area contributed by atoms with Crippen LogP contribution in [0.3, 0.4) is 0 Å². The molecule has 35 heavy (non-hydrogen) atoms. The van der Waals surface area contributed by atoms with Crippen LogP contribution in [0.4, 0.5) is 5.69 Å². The number of carbonyl (C=O) groups is 2. The topological polar surface area (TPSA) is 104 Å². The Morgan fingerprint density at radius 3 is 2.26 bits per heavy atom. The quantitative estimate of drug-likeness (QED) is 0.392. The SMILES string of the molecule is COc1cc(NC(=O)COC(=O)c2cccc3c(=O)c(C)c(-c4ccccc4)oc23)cc(OC)c1. The molecule has 1 heterocycles. The number of rotatable bonds is 7. The Morgan fingerprint density at radius 2 is 1.60 bits per heavy atom. The molecule has 0 saturated carbocycles. The van der Waals surface area contributed by atoms with Crippen LogP contribution in [0.5, 0.6) is 11.5 Å². The highest BCUT2D eigenvalue weighted by molar-refractivity contribution is 6.03. The standard InChI is InChI=1S/C27H23NO7/c1-16-24(30)21-10-7-11-22(26(21)35-25(16)17-8-5-4-6-9-17)27(31)34-15-23(29)28-18-12-19(32-2)14-20(13-18)33-3/h4-14H,15H2,1-3H3,(H,28,29). The summed E-state index contributed by atoms with van der Waals surface area (Å²) in [7, 11) is 2.99. The number of para-hydroxylation sites is 1. The minimum Gasteiger partial charge on any atom is -0.497 e. The Bertz CT molecular complexity index is 1440. The Hall–Kier alpha value is -4.59. The second-order valence-corrected chi connectivity index (χ2v) is 7.66. The van der Waals surface area contributed by atoms with Crippen molar-refractivity contribution in [3.63, 3.8) is 0 Å². The number of amides is 1. The molecule has 8 nitrogen and oxygen atoms in total. The van der Waals surface area contributed by atoms with E-state index in [1.54, 1.807) is 37.3 Å². The van der Waals surface area contributed by atoms with Crippen LogP contribution in [0.15, 0.2) is 75.9 Å². The molecule has 0 fully saturated rings. The molecule has 0 aliphatic carbocycles. The third-order valence-corrected chi connectivity index (χ3v) is 5.37. The van der Waals surface area contributed by atoms with Gasteiger partial charge in [-0.15, -0.1) is 0 Å². The van der Waals surface area contributed by atoms with E-state index in [0.29, 0.717) is 34.1 Å². The van der Waals surface area contributed by atoms with Gasteiger partial charge >= 0.3 is 5.97 Å². The van der Waals surface area contributed by atoms with Crippen LogP contribution in [0.1, 0.15) is 15.9 Å². The van der Waals surface area contributed by atoms with Gasteiger partial charge in [0, 0.05) is 35.0 Å². The first-order chi connectivity index (χ1) is 16.9. The van der Waals surface area contributed by atoms with Crippen molar-refractivity contribution in [1.29, 1.82) is 0 Å². The number of methoxy groups -OCH3 is 2. The van der Waals surface area contributed by atoms with Crippen molar-refractivity contribution in [1.82, 2.24) is 0 Å². The molecule has 0 spiro atoms. The lowest BCUT2D eigenvalue weighted by Crippen LogP contribution is -2.21. The molecule has 0 aliphatic rings. The predicted molar refractivity (Wildman–Crippen MR) is 131 cm³/mol. The molecule has 0 atom stereocenters. The summed E-state index contributed by atoms with van der Waals surface area (Å²) < 4.78 is 21.6. The van der Waals surface area contributed by atoms with Gasteiger partial charge in [-0.05, 0) is 19.1 Å². The molecule has 3 aromatic carbocycles. The van der Waals surface area contributed by atoms with Crippen LogP contribution in [0.2, 0.25) is 0 Å². The lowest BCUT2D eigenvalue weighted by molar-refractivity contribution is -0.119. The number of ether oxygens (including phenoxy) is 3. The highest BCUT2D eigenvalue weighted by atomic mass is 16.5. The van der Waals surface area contributed by atoms with E-state index >= 15 is 0 Å². The Kier molecular flexibility index (Phi) is 6.82. The van der Waals surface area contributed by atoms with Crippen LogP contribution in [-0.4, -0.2) is 32.7 Å². The summed E-state index contributed by atoms with van der Waals surface area (Å²) in [6.07, 6.45) is 0. The molecule has 178 valence electrons. The first-order valence-electron chi connectivity index (χ1n) is 10.7. The maximum absolute atomic E-state index is 13.0. The third kappa shape index (κ3) is 5.01. The number of esters is 1. The average molecular weight is 473 g/mol. The van der Waals surface area contributed by atoms with E-state index in [9.17, 15) is 14.4 Å². The first kappa shape index (κ1) is 23.6. The lowest BCUT2D eigenvalue weighted by atomic mass is 10.0.